The van der Waals surface area contributed by atoms with Gasteiger partial charge in [0.15, 0.2) is 0 Å². The molecule has 0 fully saturated rings. The number of hydrogen-bond acceptors (Lipinski definition) is 3. The third-order valence-electron chi connectivity index (χ3n) is 1.72. The Morgan fingerprint density at radius 1 is 1.73 bits per heavy atom. The normalized spacial score (nSPS) is 16.7. The molecule has 2 N–H and O–H groups in total. The van der Waals surface area contributed by atoms with E-state index in [0.29, 0.717) is 6.92 Å². The van der Waals surface area contributed by atoms with Crippen molar-refractivity contribution in [1.82, 2.24) is 9.78 Å². The smallest absolute Gasteiger partial charge is 0.383 e. The quantitative estimate of drug-likeness (QED) is 0.859. The van der Waals surface area contributed by atoms with Crippen LogP contribution in [0, 0.1) is 11.3 Å². The van der Waals surface area contributed by atoms with Crippen LogP contribution in [-0.4, -0.2) is 16.0 Å². The Morgan fingerprint density at radius 2 is 2.27 bits per heavy atom. The van der Waals surface area contributed by atoms with Gasteiger partial charge in [-0.15, -0.1) is 0 Å². The van der Waals surface area contributed by atoms with Gasteiger partial charge < -0.3 is 5.73 Å². The zero-order chi connectivity index (χ0) is 12.7. The zero-order valence-corrected chi connectivity index (χ0v) is 9.02. The van der Waals surface area contributed by atoms with Gasteiger partial charge in [-0.1, -0.05) is 0 Å². The summed E-state index contributed by atoms with van der Waals surface area (Å²) in [4.78, 5) is 0. The van der Waals surface area contributed by atoms with E-state index < -0.39 is 18.0 Å². The molecule has 0 bridgehead atoms. The van der Waals surface area contributed by atoms with Crippen LogP contribution < -0.4 is 5.73 Å². The summed E-state index contributed by atoms with van der Waals surface area (Å²) in [6.45, 7) is 0.601. The predicted octanol–water partition coefficient (Wildman–Crippen LogP) is 2.22. The summed E-state index contributed by atoms with van der Waals surface area (Å²) in [6, 6.07) is -1.42. The van der Waals surface area contributed by atoms with Crippen LogP contribution in [0.25, 0.3) is 0 Å². The Morgan fingerprint density at radius 3 is 2.60 bits per heavy atom. The van der Waals surface area contributed by atoms with Gasteiger partial charge in [0.25, 0.3) is 0 Å². The summed E-state index contributed by atoms with van der Waals surface area (Å²) in [5.41, 5.74) is 5.11. The number of aromatic nitrogens is 2. The molecule has 1 atom stereocenters. The van der Waals surface area contributed by atoms with E-state index >= 15 is 0 Å². The minimum absolute atomic E-state index is 0.116. The van der Waals surface area contributed by atoms with Gasteiger partial charge in [0.2, 0.25) is 0 Å². The lowest BCUT2D eigenvalue weighted by Crippen LogP contribution is -2.25. The van der Waals surface area contributed by atoms with E-state index in [1.54, 1.807) is 6.07 Å². The molecule has 4 nitrogen and oxygen atoms in total. The number of alkyl halides is 3. The van der Waals surface area contributed by atoms with Gasteiger partial charge in [-0.25, -0.2) is 4.68 Å². The van der Waals surface area contributed by atoms with Gasteiger partial charge in [-0.2, -0.15) is 23.5 Å². The lowest BCUT2D eigenvalue weighted by atomic mass is 10.3. The Bertz CT molecular complexity index is 459. The number of rotatable bonds is 1. The van der Waals surface area contributed by atoms with Crippen molar-refractivity contribution in [3.8, 4) is 6.07 Å². The molecule has 8 heteroatoms. The molecule has 15 heavy (non-hydrogen) atoms. The molecule has 1 unspecified atom stereocenters. The highest BCUT2D eigenvalue weighted by Crippen LogP contribution is 2.33. The van der Waals surface area contributed by atoms with E-state index in [0.717, 1.165) is 0 Å². The summed E-state index contributed by atoms with van der Waals surface area (Å²) in [7, 11) is 0. The van der Waals surface area contributed by atoms with Crippen LogP contribution in [0.3, 0.4) is 0 Å². The SMILES string of the molecule is [2H]C(C)(n1nc(Br)c(C#N)c1N)C(F)(F)F. The van der Waals surface area contributed by atoms with Crippen LogP contribution in [0.2, 0.25) is 0 Å². The van der Waals surface area contributed by atoms with E-state index in [9.17, 15) is 13.2 Å². The summed E-state index contributed by atoms with van der Waals surface area (Å²) in [6.07, 6.45) is -4.85. The van der Waals surface area contributed by atoms with E-state index in [1.165, 1.54) is 0 Å². The summed E-state index contributed by atoms with van der Waals surface area (Å²) < 4.78 is 45.0. The van der Waals surface area contributed by atoms with E-state index in [2.05, 4.69) is 21.0 Å². The third kappa shape index (κ3) is 2.07. The van der Waals surface area contributed by atoms with Crippen molar-refractivity contribution in [3.05, 3.63) is 10.2 Å². The highest BCUT2D eigenvalue weighted by atomic mass is 79.9. The second-order valence-corrected chi connectivity index (χ2v) is 3.41. The number of halogens is 4. The van der Waals surface area contributed by atoms with Crippen molar-refractivity contribution in [1.29, 1.82) is 5.26 Å². The van der Waals surface area contributed by atoms with Crippen LogP contribution in [-0.2, 0) is 0 Å². The molecule has 0 saturated heterocycles. The molecule has 1 rings (SSSR count). The largest absolute Gasteiger partial charge is 0.410 e. The lowest BCUT2D eigenvalue weighted by Gasteiger charge is -2.16. The maximum atomic E-state index is 12.5. The van der Waals surface area contributed by atoms with Gasteiger partial charge >= 0.3 is 6.18 Å². The zero-order valence-electron chi connectivity index (χ0n) is 8.43. The number of anilines is 1. The molecule has 0 aliphatic carbocycles. The average Bonchev–Trinajstić information content (AvgIpc) is 2.40. The fourth-order valence-electron chi connectivity index (χ4n) is 0.882. The van der Waals surface area contributed by atoms with Crippen molar-refractivity contribution >= 4 is 21.7 Å². The van der Waals surface area contributed by atoms with Crippen LogP contribution >= 0.6 is 15.9 Å². The molecule has 0 amide bonds. The van der Waals surface area contributed by atoms with Crippen LogP contribution in [0.1, 0.15) is 19.9 Å². The molecule has 0 aliphatic heterocycles. The summed E-state index contributed by atoms with van der Waals surface area (Å²) in [5, 5.41) is 12.0. The first-order chi connectivity index (χ1) is 7.13. The Balaban J connectivity index is 3.42. The van der Waals surface area contributed by atoms with Crippen molar-refractivity contribution in [2.24, 2.45) is 0 Å². The van der Waals surface area contributed by atoms with Crippen LogP contribution in [0.4, 0.5) is 19.0 Å². The molecule has 0 spiro atoms. The summed E-state index contributed by atoms with van der Waals surface area (Å²) in [5.74, 6) is -0.496. The monoisotopic (exact) mass is 283 g/mol. The van der Waals surface area contributed by atoms with E-state index in [-0.39, 0.29) is 14.8 Å². The Kier molecular flexibility index (Phi) is 2.56. The maximum Gasteiger partial charge on any atom is 0.410 e. The predicted molar refractivity (Wildman–Crippen MR) is 49.8 cm³/mol. The summed E-state index contributed by atoms with van der Waals surface area (Å²) >= 11 is 2.80. The number of hydrogen-bond donors (Lipinski definition) is 1. The molecule has 0 radical (unpaired) electrons. The average molecular weight is 284 g/mol. The topological polar surface area (TPSA) is 67.6 Å². The molecule has 1 aromatic rings. The van der Waals surface area contributed by atoms with E-state index in [1.807, 2.05) is 0 Å². The molecule has 0 aromatic carbocycles. The fourth-order valence-corrected chi connectivity index (χ4v) is 1.33. The fraction of sp³-hybridized carbons (Fsp3) is 0.429. The highest BCUT2D eigenvalue weighted by Gasteiger charge is 2.39. The molecule has 0 aliphatic rings. The van der Waals surface area contributed by atoms with Gasteiger partial charge in [-0.3, -0.25) is 0 Å². The van der Waals surface area contributed by atoms with E-state index in [4.69, 9.17) is 12.4 Å². The van der Waals surface area contributed by atoms with Gasteiger partial charge in [0.1, 0.15) is 28.1 Å². The first kappa shape index (κ1) is 10.3. The highest BCUT2D eigenvalue weighted by molar-refractivity contribution is 9.10. The lowest BCUT2D eigenvalue weighted by molar-refractivity contribution is -0.164. The second-order valence-electron chi connectivity index (χ2n) is 2.66. The molecular weight excluding hydrogens is 277 g/mol. The van der Waals surface area contributed by atoms with Gasteiger partial charge in [-0.05, 0) is 22.9 Å². The van der Waals surface area contributed by atoms with Crippen LogP contribution in [0.15, 0.2) is 4.60 Å². The molecule has 0 saturated carbocycles. The Hall–Kier alpha value is -1.23. The number of nitrogens with two attached hydrogens (primary N) is 1. The second kappa shape index (κ2) is 3.73. The van der Waals surface area contributed by atoms with Crippen molar-refractivity contribution in [2.75, 3.05) is 5.73 Å². The maximum absolute atomic E-state index is 12.5. The Labute approximate surface area is 93.0 Å². The number of nitriles is 1. The molecular formula is C7H6BrF3N4. The van der Waals surface area contributed by atoms with Crippen molar-refractivity contribution < 1.29 is 14.5 Å². The standard InChI is InChI=1S/C7H6BrF3N4/c1-3(7(9,10)11)15-6(13)4(2-12)5(8)14-15/h3H,13H2,1H3/i3D. The molecule has 1 heterocycles. The van der Waals surface area contributed by atoms with Gasteiger partial charge in [0, 0.05) is 0 Å². The van der Waals surface area contributed by atoms with Crippen molar-refractivity contribution in [3.63, 3.8) is 0 Å². The first-order valence-corrected chi connectivity index (χ1v) is 4.43. The number of nitrogens with zero attached hydrogens (tertiary/aromatic N) is 3. The molecule has 1 aromatic heterocycles. The van der Waals surface area contributed by atoms with Gasteiger partial charge in [0.05, 0.1) is 1.37 Å². The number of nitrogen functional groups attached to an aromatic ring is 1. The third-order valence-corrected chi connectivity index (χ3v) is 2.27. The minimum atomic E-state index is -4.85. The molecule has 82 valence electrons. The first-order valence-electron chi connectivity index (χ1n) is 4.14. The van der Waals surface area contributed by atoms with Crippen molar-refractivity contribution in [2.45, 2.75) is 19.1 Å². The van der Waals surface area contributed by atoms with Crippen LogP contribution in [0.5, 0.6) is 0 Å². The minimum Gasteiger partial charge on any atom is -0.383 e.